The summed E-state index contributed by atoms with van der Waals surface area (Å²) >= 11 is 1.09. The molecule has 0 aliphatic rings. The van der Waals surface area contributed by atoms with Gasteiger partial charge < -0.3 is 20.6 Å². The van der Waals surface area contributed by atoms with Crippen LogP contribution in [0.1, 0.15) is 57.2 Å². The summed E-state index contributed by atoms with van der Waals surface area (Å²) in [5.41, 5.74) is 1.34. The number of carbonyl (C=O) groups excluding carboxylic acids is 2. The highest BCUT2D eigenvalue weighted by molar-refractivity contribution is 7.15. The van der Waals surface area contributed by atoms with Crippen LogP contribution in [-0.4, -0.2) is 53.6 Å². The molecule has 0 saturated carbocycles. The molecule has 0 fully saturated rings. The topological polar surface area (TPSA) is 81.7 Å². The molecule has 3 aromatic rings. The summed E-state index contributed by atoms with van der Waals surface area (Å²) < 4.78 is 27.6. The molecule has 0 spiro atoms. The van der Waals surface area contributed by atoms with E-state index in [1.54, 1.807) is 17.0 Å². The van der Waals surface area contributed by atoms with E-state index in [0.717, 1.165) is 35.8 Å². The van der Waals surface area contributed by atoms with Crippen LogP contribution in [-0.2, 0) is 13.0 Å². The Bertz CT molecular complexity index is 1160. The lowest BCUT2D eigenvalue weighted by molar-refractivity contribution is 0.0760. The van der Waals surface area contributed by atoms with Gasteiger partial charge in [-0.1, -0.05) is 44.2 Å². The summed E-state index contributed by atoms with van der Waals surface area (Å²) in [6.07, 6.45) is 0.651. The van der Waals surface area contributed by atoms with Gasteiger partial charge in [0, 0.05) is 32.2 Å². The summed E-state index contributed by atoms with van der Waals surface area (Å²) in [7, 11) is 0. The number of rotatable bonds is 14. The third-order valence-electron chi connectivity index (χ3n) is 6.00. The van der Waals surface area contributed by atoms with E-state index in [1.807, 2.05) is 44.2 Å². The Morgan fingerprint density at radius 2 is 1.55 bits per heavy atom. The smallest absolute Gasteiger partial charge is 0.263 e. The van der Waals surface area contributed by atoms with Gasteiger partial charge in [0.2, 0.25) is 0 Å². The van der Waals surface area contributed by atoms with E-state index in [4.69, 9.17) is 0 Å². The van der Waals surface area contributed by atoms with E-state index in [1.165, 1.54) is 12.1 Å². The van der Waals surface area contributed by atoms with Crippen molar-refractivity contribution in [3.63, 3.8) is 0 Å². The number of amides is 2. The van der Waals surface area contributed by atoms with Crippen molar-refractivity contribution >= 4 is 23.2 Å². The van der Waals surface area contributed by atoms with E-state index in [9.17, 15) is 23.5 Å². The van der Waals surface area contributed by atoms with Gasteiger partial charge in [-0.2, -0.15) is 0 Å². The van der Waals surface area contributed by atoms with Gasteiger partial charge in [0.05, 0.1) is 21.9 Å². The maximum Gasteiger partial charge on any atom is 0.263 e. The zero-order chi connectivity index (χ0) is 27.5. The van der Waals surface area contributed by atoms with Crippen LogP contribution >= 0.6 is 11.3 Å². The molecule has 204 valence electrons. The van der Waals surface area contributed by atoms with Crippen LogP contribution in [0.25, 0.3) is 0 Å². The first kappa shape index (κ1) is 29.4. The van der Waals surface area contributed by atoms with Gasteiger partial charge in [-0.3, -0.25) is 9.59 Å². The third-order valence-corrected chi connectivity index (χ3v) is 7.07. The number of aliphatic hydroxyl groups excluding tert-OH is 1. The van der Waals surface area contributed by atoms with Gasteiger partial charge in [0.25, 0.3) is 11.8 Å². The van der Waals surface area contributed by atoms with Crippen molar-refractivity contribution < 1.29 is 23.5 Å². The Kier molecular flexibility index (Phi) is 11.4. The number of hydrogen-bond acceptors (Lipinski definition) is 5. The lowest BCUT2D eigenvalue weighted by atomic mass is 10.0. The van der Waals surface area contributed by atoms with Crippen LogP contribution in [0.15, 0.2) is 60.7 Å². The van der Waals surface area contributed by atoms with Gasteiger partial charge in [-0.05, 0) is 54.7 Å². The molecule has 2 amide bonds. The normalized spacial score (nSPS) is 12.7. The van der Waals surface area contributed by atoms with Crippen LogP contribution in [0.3, 0.4) is 0 Å². The molecule has 3 N–H and O–H groups in total. The first-order chi connectivity index (χ1) is 18.3. The average molecular weight is 544 g/mol. The molecule has 2 atom stereocenters. The molecule has 2 aromatic carbocycles. The van der Waals surface area contributed by atoms with E-state index >= 15 is 0 Å². The molecule has 1 heterocycles. The second-order valence-electron chi connectivity index (χ2n) is 9.20. The molecule has 6 nitrogen and oxygen atoms in total. The van der Waals surface area contributed by atoms with Crippen LogP contribution in [0, 0.1) is 11.6 Å². The van der Waals surface area contributed by atoms with E-state index in [0.29, 0.717) is 35.0 Å². The van der Waals surface area contributed by atoms with Crippen molar-refractivity contribution in [3.8, 4) is 0 Å². The fraction of sp³-hybridized carbons (Fsp3) is 0.379. The van der Waals surface area contributed by atoms with Gasteiger partial charge in [0.1, 0.15) is 11.6 Å². The van der Waals surface area contributed by atoms with Gasteiger partial charge in [-0.25, -0.2) is 8.78 Å². The summed E-state index contributed by atoms with van der Waals surface area (Å²) in [6.45, 7) is 5.95. The molecule has 0 radical (unpaired) electrons. The molecular weight excluding hydrogens is 508 g/mol. The summed E-state index contributed by atoms with van der Waals surface area (Å²) in [5.74, 6) is -2.04. The fourth-order valence-corrected chi connectivity index (χ4v) is 5.07. The molecule has 0 bridgehead atoms. The Hall–Kier alpha value is -3.14. The van der Waals surface area contributed by atoms with Gasteiger partial charge in [0.15, 0.2) is 0 Å². The lowest BCUT2D eigenvalue weighted by Gasteiger charge is -2.25. The molecule has 0 aliphatic carbocycles. The second kappa shape index (κ2) is 14.7. The number of thiophene rings is 1. The molecule has 1 aromatic heterocycles. The van der Waals surface area contributed by atoms with Crippen LogP contribution in [0.2, 0.25) is 0 Å². The fourth-order valence-electron chi connectivity index (χ4n) is 4.19. The number of hydrogen-bond donors (Lipinski definition) is 3. The number of halogens is 2. The summed E-state index contributed by atoms with van der Waals surface area (Å²) in [4.78, 5) is 28.6. The van der Waals surface area contributed by atoms with Crippen molar-refractivity contribution in [1.29, 1.82) is 0 Å². The maximum atomic E-state index is 13.8. The van der Waals surface area contributed by atoms with Crippen molar-refractivity contribution in [2.24, 2.45) is 0 Å². The zero-order valence-corrected chi connectivity index (χ0v) is 22.6. The van der Waals surface area contributed by atoms with E-state index < -0.39 is 29.7 Å². The minimum atomic E-state index is -1.04. The Balaban J connectivity index is 1.72. The molecule has 0 unspecified atom stereocenters. The highest BCUT2D eigenvalue weighted by Crippen LogP contribution is 2.20. The number of benzene rings is 2. The average Bonchev–Trinajstić information content (AvgIpc) is 3.38. The van der Waals surface area contributed by atoms with Gasteiger partial charge in [-0.15, -0.1) is 11.3 Å². The van der Waals surface area contributed by atoms with E-state index in [2.05, 4.69) is 10.6 Å². The zero-order valence-electron chi connectivity index (χ0n) is 21.8. The Morgan fingerprint density at radius 3 is 2.18 bits per heavy atom. The highest BCUT2D eigenvalue weighted by atomic mass is 32.1. The van der Waals surface area contributed by atoms with Crippen molar-refractivity contribution in [2.45, 2.75) is 51.8 Å². The van der Waals surface area contributed by atoms with Crippen molar-refractivity contribution in [3.05, 3.63) is 93.2 Å². The first-order valence-corrected chi connectivity index (χ1v) is 13.7. The van der Waals surface area contributed by atoms with Gasteiger partial charge >= 0.3 is 0 Å². The standard InChI is InChI=1S/C29H35F2N3O3S/c1-3-12-34(13-4-2)29(37)27-11-10-26(38-27)28(36)33-24(16-21-14-22(30)17-23(31)15-21)25(35)19-32-18-20-8-6-5-7-9-20/h5-11,14-15,17,24-25,32,35H,3-4,12-13,16,18-19H2,1-2H3,(H,33,36)/t24-,25+/m0/s1. The Labute approximate surface area is 226 Å². The van der Waals surface area contributed by atoms with Crippen LogP contribution < -0.4 is 10.6 Å². The largest absolute Gasteiger partial charge is 0.390 e. The Morgan fingerprint density at radius 1 is 0.921 bits per heavy atom. The summed E-state index contributed by atoms with van der Waals surface area (Å²) in [5, 5.41) is 16.9. The molecule has 38 heavy (non-hydrogen) atoms. The number of nitrogens with zero attached hydrogens (tertiary/aromatic N) is 1. The van der Waals surface area contributed by atoms with Crippen molar-refractivity contribution in [2.75, 3.05) is 19.6 Å². The molecule has 0 saturated heterocycles. The summed E-state index contributed by atoms with van der Waals surface area (Å²) in [6, 6.07) is 15.2. The predicted molar refractivity (Wildman–Crippen MR) is 146 cm³/mol. The van der Waals surface area contributed by atoms with Crippen molar-refractivity contribution in [1.82, 2.24) is 15.5 Å². The SMILES string of the molecule is CCCN(CCC)C(=O)c1ccc(C(=O)N[C@@H](Cc2cc(F)cc(F)c2)[C@H](O)CNCc2ccccc2)s1. The monoisotopic (exact) mass is 543 g/mol. The highest BCUT2D eigenvalue weighted by Gasteiger charge is 2.25. The second-order valence-corrected chi connectivity index (χ2v) is 10.3. The van der Waals surface area contributed by atoms with Crippen LogP contribution in [0.5, 0.6) is 0 Å². The third kappa shape index (κ3) is 8.72. The number of aliphatic hydroxyl groups is 1. The molecular formula is C29H35F2N3O3S. The predicted octanol–water partition coefficient (Wildman–Crippen LogP) is 4.78. The minimum absolute atomic E-state index is 0.0204. The first-order valence-electron chi connectivity index (χ1n) is 12.9. The minimum Gasteiger partial charge on any atom is -0.390 e. The number of carbonyl (C=O) groups is 2. The number of nitrogens with one attached hydrogen (secondary N) is 2. The maximum absolute atomic E-state index is 13.8. The molecule has 9 heteroatoms. The van der Waals surface area contributed by atoms with Crippen LogP contribution in [0.4, 0.5) is 8.78 Å². The molecule has 3 rings (SSSR count). The quantitative estimate of drug-likeness (QED) is 0.273. The molecule has 0 aliphatic heterocycles. The van der Waals surface area contributed by atoms with E-state index in [-0.39, 0.29) is 18.9 Å². The lowest BCUT2D eigenvalue weighted by Crippen LogP contribution is -2.48.